The van der Waals surface area contributed by atoms with Crippen molar-refractivity contribution in [2.75, 3.05) is 24.9 Å². The number of carboxylic acids is 1. The fraction of sp³-hybridized carbons (Fsp3) is 0.312. The predicted molar refractivity (Wildman–Crippen MR) is 112 cm³/mol. The lowest BCUT2D eigenvalue weighted by Crippen LogP contribution is -2.71. The molecule has 1 aromatic rings. The van der Waals surface area contributed by atoms with Gasteiger partial charge in [0.05, 0.1) is 0 Å². The van der Waals surface area contributed by atoms with Gasteiger partial charge in [0.1, 0.15) is 29.9 Å². The first-order chi connectivity index (χ1) is 13.9. The molecule has 0 radical (unpaired) electrons. The van der Waals surface area contributed by atoms with Crippen molar-refractivity contribution in [1.29, 1.82) is 0 Å². The third kappa shape index (κ3) is 4.11. The number of nitrogens with zero attached hydrogens (tertiary/aromatic N) is 3. The third-order valence-electron chi connectivity index (χ3n) is 4.05. The SMILES string of the molecule is CO/N=C(\C(=O)NC1C(=O)N2C(C(=O)O)=C(/C=C/SC)CSC12)c1csc(N)n1. The van der Waals surface area contributed by atoms with Crippen LogP contribution in [-0.2, 0) is 19.2 Å². The number of nitrogens with one attached hydrogen (secondary N) is 1. The number of rotatable bonds is 7. The van der Waals surface area contributed by atoms with Gasteiger partial charge < -0.3 is 21.0 Å². The molecule has 10 nitrogen and oxygen atoms in total. The third-order valence-corrected chi connectivity index (χ3v) is 6.44. The summed E-state index contributed by atoms with van der Waals surface area (Å²) in [6, 6.07) is -0.883. The number of carboxylic acid groups (broad SMARTS) is 1. The van der Waals surface area contributed by atoms with Crippen LogP contribution in [0.2, 0.25) is 0 Å². The average molecular weight is 456 g/mol. The van der Waals surface area contributed by atoms with E-state index in [2.05, 4.69) is 15.5 Å². The van der Waals surface area contributed by atoms with Gasteiger partial charge in [-0.2, -0.15) is 0 Å². The van der Waals surface area contributed by atoms with Gasteiger partial charge >= 0.3 is 5.97 Å². The molecule has 154 valence electrons. The van der Waals surface area contributed by atoms with Gasteiger partial charge in [-0.25, -0.2) is 9.78 Å². The van der Waals surface area contributed by atoms with E-state index < -0.39 is 29.2 Å². The number of hydrogen-bond donors (Lipinski definition) is 3. The van der Waals surface area contributed by atoms with E-state index in [9.17, 15) is 19.5 Å². The van der Waals surface area contributed by atoms with E-state index >= 15 is 0 Å². The van der Waals surface area contributed by atoms with Gasteiger partial charge in [0.2, 0.25) is 0 Å². The second-order valence-electron chi connectivity index (χ2n) is 5.77. The summed E-state index contributed by atoms with van der Waals surface area (Å²) < 4.78 is 0. The summed E-state index contributed by atoms with van der Waals surface area (Å²) in [6.45, 7) is 0. The molecule has 4 N–H and O–H groups in total. The lowest BCUT2D eigenvalue weighted by Gasteiger charge is -2.49. The minimum atomic E-state index is -1.19. The van der Waals surface area contributed by atoms with Crippen molar-refractivity contribution in [2.24, 2.45) is 5.16 Å². The Morgan fingerprint density at radius 1 is 1.55 bits per heavy atom. The second kappa shape index (κ2) is 8.88. The Morgan fingerprint density at radius 3 is 2.90 bits per heavy atom. The maximum atomic E-state index is 12.7. The van der Waals surface area contributed by atoms with E-state index in [1.54, 1.807) is 16.9 Å². The number of anilines is 1. The number of nitrogens with two attached hydrogens (primary N) is 1. The molecule has 2 unspecified atom stereocenters. The first-order valence-electron chi connectivity index (χ1n) is 8.12. The zero-order valence-corrected chi connectivity index (χ0v) is 17.8. The Hall–Kier alpha value is -2.51. The Balaban J connectivity index is 1.80. The minimum Gasteiger partial charge on any atom is -0.477 e. The first-order valence-corrected chi connectivity index (χ1v) is 11.3. The highest BCUT2D eigenvalue weighted by molar-refractivity contribution is 8.01. The van der Waals surface area contributed by atoms with Crippen LogP contribution in [0.5, 0.6) is 0 Å². The molecule has 0 spiro atoms. The largest absolute Gasteiger partial charge is 0.477 e. The van der Waals surface area contributed by atoms with Crippen LogP contribution in [0.25, 0.3) is 0 Å². The minimum absolute atomic E-state index is 0.0624. The molecule has 0 saturated carbocycles. The second-order valence-corrected chi connectivity index (χ2v) is 8.51. The Labute approximate surface area is 178 Å². The Bertz CT molecular complexity index is 941. The van der Waals surface area contributed by atoms with Crippen LogP contribution in [0.15, 0.2) is 33.3 Å². The highest BCUT2D eigenvalue weighted by Crippen LogP contribution is 2.40. The summed E-state index contributed by atoms with van der Waals surface area (Å²) in [7, 11) is 1.28. The van der Waals surface area contributed by atoms with E-state index in [0.717, 1.165) is 11.3 Å². The molecule has 0 bridgehead atoms. The molecular weight excluding hydrogens is 438 g/mol. The number of thioether (sulfide) groups is 2. The molecule has 3 rings (SSSR count). The number of carbonyl (C=O) groups excluding carboxylic acids is 2. The molecule has 1 saturated heterocycles. The lowest BCUT2D eigenvalue weighted by atomic mass is 10.0. The van der Waals surface area contributed by atoms with Gasteiger partial charge in [-0.3, -0.25) is 14.5 Å². The smallest absolute Gasteiger partial charge is 0.352 e. The molecule has 2 amide bonds. The standard InChI is InChI=1S/C16H17N5O5S3/c1-26-20-9(8-6-29-16(17)18-8)12(22)19-10-13(23)21-11(15(24)25)7(3-4-27-2)5-28-14(10)21/h3-4,6,10,14H,5H2,1-2H3,(H2,17,18)(H,19,22)(H,24,25)/b4-3+,20-9-. The van der Waals surface area contributed by atoms with Crippen LogP contribution >= 0.6 is 34.9 Å². The topological polar surface area (TPSA) is 147 Å². The first kappa shape index (κ1) is 21.2. The molecule has 0 aromatic carbocycles. The number of carbonyl (C=O) groups is 3. The molecule has 1 aromatic heterocycles. The molecule has 2 aliphatic heterocycles. The number of aliphatic carboxylic acids is 1. The van der Waals surface area contributed by atoms with E-state index in [0.29, 0.717) is 11.3 Å². The maximum Gasteiger partial charge on any atom is 0.352 e. The highest BCUT2D eigenvalue weighted by Gasteiger charge is 2.54. The van der Waals surface area contributed by atoms with Gasteiger partial charge in [-0.05, 0) is 23.3 Å². The normalized spacial score (nSPS) is 21.8. The zero-order valence-electron chi connectivity index (χ0n) is 15.3. The van der Waals surface area contributed by atoms with Crippen molar-refractivity contribution >= 4 is 63.5 Å². The Kier molecular flexibility index (Phi) is 6.49. The summed E-state index contributed by atoms with van der Waals surface area (Å²) >= 11 is 3.94. The quantitative estimate of drug-likeness (QED) is 0.307. The molecular formula is C16H17N5O5S3. The summed E-state index contributed by atoms with van der Waals surface area (Å²) in [5, 5.41) is 18.9. The molecule has 0 aliphatic carbocycles. The number of aromatic nitrogens is 1. The molecule has 3 heterocycles. The summed E-state index contributed by atoms with van der Waals surface area (Å²) in [4.78, 5) is 47.0. The Morgan fingerprint density at radius 2 is 2.31 bits per heavy atom. The molecule has 13 heteroatoms. The van der Waals surface area contributed by atoms with Crippen molar-refractivity contribution < 1.29 is 24.3 Å². The van der Waals surface area contributed by atoms with Gasteiger partial charge in [0.15, 0.2) is 10.8 Å². The number of amides is 2. The molecule has 29 heavy (non-hydrogen) atoms. The van der Waals surface area contributed by atoms with Crippen LogP contribution in [-0.4, -0.2) is 69.0 Å². The molecule has 2 atom stereocenters. The summed E-state index contributed by atoms with van der Waals surface area (Å²) in [5.41, 5.74) is 6.19. The number of fused-ring (bicyclic) bond motifs is 1. The van der Waals surface area contributed by atoms with Crippen molar-refractivity contribution in [3.05, 3.63) is 33.8 Å². The van der Waals surface area contributed by atoms with Crippen molar-refractivity contribution in [3.8, 4) is 0 Å². The van der Waals surface area contributed by atoms with Crippen LogP contribution in [0.3, 0.4) is 0 Å². The van der Waals surface area contributed by atoms with Crippen molar-refractivity contribution in [1.82, 2.24) is 15.2 Å². The lowest BCUT2D eigenvalue weighted by molar-refractivity contribution is -0.150. The van der Waals surface area contributed by atoms with Gasteiger partial charge in [-0.1, -0.05) is 5.16 Å². The van der Waals surface area contributed by atoms with Crippen LogP contribution < -0.4 is 11.1 Å². The number of hydrogen-bond acceptors (Lipinski definition) is 10. The fourth-order valence-electron chi connectivity index (χ4n) is 2.82. The molecule has 1 fully saturated rings. The number of thiazole rings is 1. The molecule has 2 aliphatic rings. The van der Waals surface area contributed by atoms with Crippen LogP contribution in [0, 0.1) is 0 Å². The fourth-order valence-corrected chi connectivity index (χ4v) is 4.99. The average Bonchev–Trinajstić information content (AvgIpc) is 3.13. The maximum absolute atomic E-state index is 12.7. The van der Waals surface area contributed by atoms with E-state index in [4.69, 9.17) is 10.6 Å². The number of allylic oxidation sites excluding steroid dienone is 1. The predicted octanol–water partition coefficient (Wildman–Crippen LogP) is 0.691. The van der Waals surface area contributed by atoms with E-state index in [1.165, 1.54) is 35.5 Å². The highest BCUT2D eigenvalue weighted by atomic mass is 32.2. The zero-order chi connectivity index (χ0) is 21.1. The van der Waals surface area contributed by atoms with Gasteiger partial charge in [0, 0.05) is 11.1 Å². The van der Waals surface area contributed by atoms with Crippen molar-refractivity contribution in [2.45, 2.75) is 11.4 Å². The van der Waals surface area contributed by atoms with E-state index in [1.807, 2.05) is 6.26 Å². The summed E-state index contributed by atoms with van der Waals surface area (Å²) in [5.74, 6) is -1.95. The number of β-lactam (4-membered cyclic amide) rings is 1. The number of oxime groups is 1. The van der Waals surface area contributed by atoms with E-state index in [-0.39, 0.29) is 22.2 Å². The monoisotopic (exact) mass is 455 g/mol. The van der Waals surface area contributed by atoms with Crippen molar-refractivity contribution in [3.63, 3.8) is 0 Å². The van der Waals surface area contributed by atoms with Gasteiger partial charge in [0.25, 0.3) is 11.8 Å². The summed E-state index contributed by atoms with van der Waals surface area (Å²) in [6.07, 6.45) is 3.54. The number of nitrogen functional groups attached to an aromatic ring is 1. The van der Waals surface area contributed by atoms with Crippen LogP contribution in [0.1, 0.15) is 5.69 Å². The van der Waals surface area contributed by atoms with Crippen LogP contribution in [0.4, 0.5) is 5.13 Å². The van der Waals surface area contributed by atoms with Gasteiger partial charge in [-0.15, -0.1) is 34.9 Å².